The molecule has 0 unspecified atom stereocenters. The fraction of sp³-hybridized carbons (Fsp3) is 0.125. The van der Waals surface area contributed by atoms with Crippen molar-refractivity contribution in [3.05, 3.63) is 82.9 Å². The summed E-state index contributed by atoms with van der Waals surface area (Å²) in [6, 6.07) is 19.6. The van der Waals surface area contributed by atoms with Crippen molar-refractivity contribution in [2.75, 3.05) is 5.32 Å². The number of para-hydroxylation sites is 1. The average molecular weight is 429 g/mol. The van der Waals surface area contributed by atoms with E-state index >= 15 is 0 Å². The molecule has 0 atom stereocenters. The molecular weight excluding hydrogens is 408 g/mol. The standard InChI is InChI=1S/C24H20N4O2S/c1-15-6-5-7-17(10-15)12-23(29)26-22-11-16(2)27-28(22)24-25-19(14-31-24)21-13-18-8-3-4-9-20(18)30-21/h3-11,13-14H,12H2,1-2H3,(H,26,29). The fourth-order valence-electron chi connectivity index (χ4n) is 3.51. The van der Waals surface area contributed by atoms with Gasteiger partial charge in [0.1, 0.15) is 17.1 Å². The number of amides is 1. The van der Waals surface area contributed by atoms with Crippen LogP contribution in [0, 0.1) is 13.8 Å². The van der Waals surface area contributed by atoms with Crippen LogP contribution in [-0.2, 0) is 11.2 Å². The molecule has 3 aromatic heterocycles. The SMILES string of the molecule is Cc1cccc(CC(=O)Nc2cc(C)nn2-c2nc(-c3cc4ccccc4o3)cs2)c1. The number of aromatic nitrogens is 3. The van der Waals surface area contributed by atoms with E-state index in [2.05, 4.69) is 10.4 Å². The summed E-state index contributed by atoms with van der Waals surface area (Å²) in [5.41, 5.74) is 4.47. The van der Waals surface area contributed by atoms with E-state index in [0.717, 1.165) is 33.5 Å². The third-order valence-corrected chi connectivity index (χ3v) is 5.71. The first-order valence-electron chi connectivity index (χ1n) is 9.92. The van der Waals surface area contributed by atoms with E-state index in [0.29, 0.717) is 23.1 Å². The molecule has 6 nitrogen and oxygen atoms in total. The molecule has 0 radical (unpaired) electrons. The number of carbonyl (C=O) groups is 1. The van der Waals surface area contributed by atoms with Crippen molar-refractivity contribution in [1.82, 2.24) is 14.8 Å². The minimum Gasteiger partial charge on any atom is -0.454 e. The first-order valence-corrected chi connectivity index (χ1v) is 10.8. The van der Waals surface area contributed by atoms with Crippen LogP contribution in [0.2, 0.25) is 0 Å². The molecule has 5 rings (SSSR count). The molecule has 5 aromatic rings. The highest BCUT2D eigenvalue weighted by molar-refractivity contribution is 7.12. The number of rotatable bonds is 5. The monoisotopic (exact) mass is 428 g/mol. The van der Waals surface area contributed by atoms with E-state index < -0.39 is 0 Å². The lowest BCUT2D eigenvalue weighted by atomic mass is 10.1. The zero-order valence-corrected chi connectivity index (χ0v) is 17.9. The molecule has 0 fully saturated rings. The van der Waals surface area contributed by atoms with E-state index in [1.807, 2.05) is 79.9 Å². The van der Waals surface area contributed by atoms with Crippen molar-refractivity contribution < 1.29 is 9.21 Å². The van der Waals surface area contributed by atoms with Crippen LogP contribution in [0.4, 0.5) is 5.82 Å². The maximum absolute atomic E-state index is 12.6. The van der Waals surface area contributed by atoms with Crippen molar-refractivity contribution in [3.8, 4) is 16.6 Å². The van der Waals surface area contributed by atoms with Crippen LogP contribution in [0.5, 0.6) is 0 Å². The Bertz CT molecular complexity index is 1360. The second-order valence-corrected chi connectivity index (χ2v) is 8.30. The number of benzene rings is 2. The summed E-state index contributed by atoms with van der Waals surface area (Å²) >= 11 is 1.45. The van der Waals surface area contributed by atoms with E-state index in [1.165, 1.54) is 11.3 Å². The Labute approximate surface area is 183 Å². The van der Waals surface area contributed by atoms with Crippen molar-refractivity contribution >= 4 is 34.0 Å². The Morgan fingerprint density at radius 1 is 1.10 bits per heavy atom. The normalized spacial score (nSPS) is 11.2. The summed E-state index contributed by atoms with van der Waals surface area (Å²) in [7, 11) is 0. The Morgan fingerprint density at radius 3 is 2.81 bits per heavy atom. The molecule has 0 aliphatic carbocycles. The van der Waals surface area contributed by atoms with Gasteiger partial charge in [0.05, 0.1) is 12.1 Å². The summed E-state index contributed by atoms with van der Waals surface area (Å²) in [5.74, 6) is 1.21. The van der Waals surface area contributed by atoms with Gasteiger partial charge in [0.2, 0.25) is 11.0 Å². The second-order valence-electron chi connectivity index (χ2n) is 7.46. The van der Waals surface area contributed by atoms with E-state index in [1.54, 1.807) is 4.68 Å². The number of nitrogens with zero attached hydrogens (tertiary/aromatic N) is 3. The molecular formula is C24H20N4O2S. The maximum Gasteiger partial charge on any atom is 0.229 e. The minimum absolute atomic E-state index is 0.0965. The molecule has 3 heterocycles. The van der Waals surface area contributed by atoms with Crippen LogP contribution >= 0.6 is 11.3 Å². The molecule has 1 amide bonds. The Morgan fingerprint density at radius 2 is 1.97 bits per heavy atom. The van der Waals surface area contributed by atoms with E-state index in [-0.39, 0.29) is 5.91 Å². The first-order chi connectivity index (χ1) is 15.0. The van der Waals surface area contributed by atoms with Crippen molar-refractivity contribution in [2.24, 2.45) is 0 Å². The third kappa shape index (κ3) is 4.00. The van der Waals surface area contributed by atoms with Crippen LogP contribution in [-0.4, -0.2) is 20.7 Å². The Balaban J connectivity index is 1.39. The molecule has 0 saturated carbocycles. The molecule has 0 spiro atoms. The predicted octanol–water partition coefficient (Wildman–Crippen LogP) is 5.54. The predicted molar refractivity (Wildman–Crippen MR) is 123 cm³/mol. The highest BCUT2D eigenvalue weighted by atomic mass is 32.1. The highest BCUT2D eigenvalue weighted by Gasteiger charge is 2.16. The van der Waals surface area contributed by atoms with Crippen LogP contribution in [0.15, 0.2) is 70.5 Å². The van der Waals surface area contributed by atoms with Gasteiger partial charge in [0, 0.05) is 16.8 Å². The number of thiazole rings is 1. The Kier molecular flexibility index (Phi) is 4.88. The molecule has 0 saturated heterocycles. The van der Waals surface area contributed by atoms with E-state index in [9.17, 15) is 4.79 Å². The fourth-order valence-corrected chi connectivity index (χ4v) is 4.29. The minimum atomic E-state index is -0.0965. The van der Waals surface area contributed by atoms with Gasteiger partial charge in [-0.25, -0.2) is 4.98 Å². The van der Waals surface area contributed by atoms with Crippen LogP contribution in [0.1, 0.15) is 16.8 Å². The number of hydrogen-bond acceptors (Lipinski definition) is 5. The first kappa shape index (κ1) is 19.3. The molecule has 154 valence electrons. The summed E-state index contributed by atoms with van der Waals surface area (Å²) in [6.07, 6.45) is 0.300. The number of anilines is 1. The van der Waals surface area contributed by atoms with Gasteiger partial charge in [-0.3, -0.25) is 4.79 Å². The summed E-state index contributed by atoms with van der Waals surface area (Å²) in [5, 5.41) is 11.1. The second kappa shape index (κ2) is 7.85. The zero-order chi connectivity index (χ0) is 21.4. The molecule has 0 aliphatic rings. The Hall–Kier alpha value is -3.71. The van der Waals surface area contributed by atoms with Gasteiger partial charge in [-0.1, -0.05) is 48.0 Å². The zero-order valence-electron chi connectivity index (χ0n) is 17.1. The lowest BCUT2D eigenvalue weighted by Crippen LogP contribution is -2.17. The lowest BCUT2D eigenvalue weighted by Gasteiger charge is -2.07. The summed E-state index contributed by atoms with van der Waals surface area (Å²) < 4.78 is 7.59. The van der Waals surface area contributed by atoms with Crippen LogP contribution < -0.4 is 5.32 Å². The molecule has 7 heteroatoms. The van der Waals surface area contributed by atoms with Crippen molar-refractivity contribution in [2.45, 2.75) is 20.3 Å². The number of carbonyl (C=O) groups excluding carboxylic acids is 1. The number of hydrogen-bond donors (Lipinski definition) is 1. The number of aryl methyl sites for hydroxylation is 2. The molecule has 0 aliphatic heterocycles. The molecule has 0 bridgehead atoms. The molecule has 1 N–H and O–H groups in total. The van der Waals surface area contributed by atoms with E-state index in [4.69, 9.17) is 9.40 Å². The molecule has 2 aromatic carbocycles. The van der Waals surface area contributed by atoms with Crippen molar-refractivity contribution in [1.29, 1.82) is 0 Å². The average Bonchev–Trinajstić information content (AvgIpc) is 3.45. The summed E-state index contributed by atoms with van der Waals surface area (Å²) in [4.78, 5) is 17.3. The topological polar surface area (TPSA) is 73.0 Å². The largest absolute Gasteiger partial charge is 0.454 e. The lowest BCUT2D eigenvalue weighted by molar-refractivity contribution is -0.115. The number of furan rings is 1. The highest BCUT2D eigenvalue weighted by Crippen LogP contribution is 2.30. The third-order valence-electron chi connectivity index (χ3n) is 4.90. The summed E-state index contributed by atoms with van der Waals surface area (Å²) in [6.45, 7) is 3.91. The maximum atomic E-state index is 12.6. The smallest absolute Gasteiger partial charge is 0.229 e. The number of fused-ring (bicyclic) bond motifs is 1. The van der Waals surface area contributed by atoms with Crippen molar-refractivity contribution in [3.63, 3.8) is 0 Å². The van der Waals surface area contributed by atoms with Crippen LogP contribution in [0.25, 0.3) is 27.6 Å². The van der Waals surface area contributed by atoms with Gasteiger partial charge in [-0.15, -0.1) is 11.3 Å². The number of nitrogens with one attached hydrogen (secondary N) is 1. The van der Waals surface area contributed by atoms with Gasteiger partial charge in [0.15, 0.2) is 5.76 Å². The van der Waals surface area contributed by atoms with Gasteiger partial charge in [-0.05, 0) is 31.5 Å². The molecule has 31 heavy (non-hydrogen) atoms. The van der Waals surface area contributed by atoms with Gasteiger partial charge >= 0.3 is 0 Å². The quantitative estimate of drug-likeness (QED) is 0.399. The van der Waals surface area contributed by atoms with Gasteiger partial charge in [0.25, 0.3) is 0 Å². The van der Waals surface area contributed by atoms with Gasteiger partial charge in [-0.2, -0.15) is 9.78 Å². The van der Waals surface area contributed by atoms with Gasteiger partial charge < -0.3 is 9.73 Å². The van der Waals surface area contributed by atoms with Crippen LogP contribution in [0.3, 0.4) is 0 Å².